The highest BCUT2D eigenvalue weighted by Gasteiger charge is 2.31. The molecule has 0 spiro atoms. The van der Waals surface area contributed by atoms with Crippen LogP contribution in [0, 0.1) is 12.7 Å². The van der Waals surface area contributed by atoms with Crippen LogP contribution in [-0.4, -0.2) is 11.3 Å². The average molecular weight is 223 g/mol. The zero-order chi connectivity index (χ0) is 12.3. The molecule has 3 heteroatoms. The summed E-state index contributed by atoms with van der Waals surface area (Å²) in [6.07, 6.45) is 1.11. The quantitative estimate of drug-likeness (QED) is 0.797. The topological polar surface area (TPSA) is 43.1 Å². The van der Waals surface area contributed by atoms with Crippen molar-refractivity contribution >= 4 is 5.78 Å². The number of hydrogen-bond donors (Lipinski definition) is 1. The SMILES string of the molecule is CCC(N)(CC)C(=O)c1cc(F)ccc1C. The predicted octanol–water partition coefficient (Wildman–Crippen LogP) is 2.83. The van der Waals surface area contributed by atoms with E-state index in [1.54, 1.807) is 13.0 Å². The molecule has 2 N–H and O–H groups in total. The van der Waals surface area contributed by atoms with Crippen molar-refractivity contribution in [2.45, 2.75) is 39.2 Å². The normalized spacial score (nSPS) is 11.6. The Morgan fingerprint density at radius 3 is 2.44 bits per heavy atom. The Balaban J connectivity index is 3.18. The van der Waals surface area contributed by atoms with E-state index < -0.39 is 11.4 Å². The Kier molecular flexibility index (Phi) is 3.81. The molecule has 1 aromatic carbocycles. The second-order valence-corrected chi connectivity index (χ2v) is 4.15. The fraction of sp³-hybridized carbons (Fsp3) is 0.462. The van der Waals surface area contributed by atoms with Gasteiger partial charge in [-0.2, -0.15) is 0 Å². The van der Waals surface area contributed by atoms with Gasteiger partial charge in [0.25, 0.3) is 0 Å². The van der Waals surface area contributed by atoms with Gasteiger partial charge in [0.15, 0.2) is 5.78 Å². The fourth-order valence-corrected chi connectivity index (χ4v) is 1.68. The van der Waals surface area contributed by atoms with Crippen LogP contribution in [0.2, 0.25) is 0 Å². The van der Waals surface area contributed by atoms with Crippen LogP contribution in [0.1, 0.15) is 42.6 Å². The summed E-state index contributed by atoms with van der Waals surface area (Å²) in [4.78, 5) is 12.2. The van der Waals surface area contributed by atoms with E-state index >= 15 is 0 Å². The third-order valence-electron chi connectivity index (χ3n) is 3.16. The Bertz CT molecular complexity index is 397. The molecular weight excluding hydrogens is 205 g/mol. The largest absolute Gasteiger partial charge is 0.319 e. The first-order valence-electron chi connectivity index (χ1n) is 5.54. The van der Waals surface area contributed by atoms with E-state index in [4.69, 9.17) is 5.73 Å². The highest BCUT2D eigenvalue weighted by atomic mass is 19.1. The van der Waals surface area contributed by atoms with E-state index in [-0.39, 0.29) is 5.78 Å². The molecule has 2 nitrogen and oxygen atoms in total. The van der Waals surface area contributed by atoms with Gasteiger partial charge in [0.2, 0.25) is 0 Å². The molecule has 88 valence electrons. The van der Waals surface area contributed by atoms with Gasteiger partial charge in [0.1, 0.15) is 5.82 Å². The molecule has 0 aromatic heterocycles. The van der Waals surface area contributed by atoms with Crippen LogP contribution in [0.25, 0.3) is 0 Å². The van der Waals surface area contributed by atoms with Gasteiger partial charge in [0, 0.05) is 5.56 Å². The number of hydrogen-bond acceptors (Lipinski definition) is 2. The standard InChI is InChI=1S/C13H18FNO/c1-4-13(15,5-2)12(16)11-8-10(14)7-6-9(11)3/h6-8H,4-5,15H2,1-3H3. The summed E-state index contributed by atoms with van der Waals surface area (Å²) in [6.45, 7) is 5.53. The van der Waals surface area contributed by atoms with E-state index in [0.717, 1.165) is 5.56 Å². The number of carbonyl (C=O) groups is 1. The summed E-state index contributed by atoms with van der Waals surface area (Å²) in [6, 6.07) is 4.22. The van der Waals surface area contributed by atoms with Crippen LogP contribution in [-0.2, 0) is 0 Å². The van der Waals surface area contributed by atoms with Crippen molar-refractivity contribution in [3.63, 3.8) is 0 Å². The first kappa shape index (κ1) is 12.8. The van der Waals surface area contributed by atoms with Crippen molar-refractivity contribution in [3.05, 3.63) is 35.1 Å². The molecule has 0 radical (unpaired) electrons. The molecule has 0 atom stereocenters. The molecule has 0 amide bonds. The van der Waals surface area contributed by atoms with Crippen LogP contribution in [0.4, 0.5) is 4.39 Å². The molecule has 0 aliphatic rings. The van der Waals surface area contributed by atoms with Gasteiger partial charge in [-0.25, -0.2) is 4.39 Å². The van der Waals surface area contributed by atoms with Gasteiger partial charge in [-0.3, -0.25) is 4.79 Å². The third kappa shape index (κ3) is 2.30. The maximum atomic E-state index is 13.1. The van der Waals surface area contributed by atoms with Gasteiger partial charge in [-0.15, -0.1) is 0 Å². The van der Waals surface area contributed by atoms with Crippen LogP contribution in [0.15, 0.2) is 18.2 Å². The Morgan fingerprint density at radius 1 is 1.38 bits per heavy atom. The number of aryl methyl sites for hydroxylation is 1. The maximum Gasteiger partial charge on any atom is 0.182 e. The molecule has 0 heterocycles. The molecule has 1 aromatic rings. The van der Waals surface area contributed by atoms with Gasteiger partial charge in [-0.05, 0) is 37.5 Å². The van der Waals surface area contributed by atoms with E-state index in [0.29, 0.717) is 18.4 Å². The van der Waals surface area contributed by atoms with Crippen LogP contribution in [0.3, 0.4) is 0 Å². The van der Waals surface area contributed by atoms with Crippen LogP contribution >= 0.6 is 0 Å². The van der Waals surface area contributed by atoms with E-state index in [1.807, 2.05) is 13.8 Å². The van der Waals surface area contributed by atoms with Crippen molar-refractivity contribution in [1.82, 2.24) is 0 Å². The lowest BCUT2D eigenvalue weighted by atomic mass is 9.84. The molecule has 1 rings (SSSR count). The molecule has 0 bridgehead atoms. The Hall–Kier alpha value is -1.22. The van der Waals surface area contributed by atoms with Crippen molar-refractivity contribution in [1.29, 1.82) is 0 Å². The maximum absolute atomic E-state index is 13.1. The third-order valence-corrected chi connectivity index (χ3v) is 3.16. The smallest absolute Gasteiger partial charge is 0.182 e. The first-order valence-corrected chi connectivity index (χ1v) is 5.54. The van der Waals surface area contributed by atoms with E-state index in [2.05, 4.69) is 0 Å². The lowest BCUT2D eigenvalue weighted by Gasteiger charge is -2.25. The van der Waals surface area contributed by atoms with Gasteiger partial charge >= 0.3 is 0 Å². The fourth-order valence-electron chi connectivity index (χ4n) is 1.68. The summed E-state index contributed by atoms with van der Waals surface area (Å²) in [5.41, 5.74) is 6.30. The molecule has 0 aliphatic carbocycles. The number of Topliss-reactive ketones (excluding diaryl/α,β-unsaturated/α-hetero) is 1. The summed E-state index contributed by atoms with van der Waals surface area (Å²) >= 11 is 0. The molecule has 0 saturated heterocycles. The number of nitrogens with two attached hydrogens (primary N) is 1. The van der Waals surface area contributed by atoms with Crippen molar-refractivity contribution in [2.75, 3.05) is 0 Å². The van der Waals surface area contributed by atoms with Crippen LogP contribution in [0.5, 0.6) is 0 Å². The van der Waals surface area contributed by atoms with Gasteiger partial charge < -0.3 is 5.73 Å². The van der Waals surface area contributed by atoms with Crippen molar-refractivity contribution in [3.8, 4) is 0 Å². The zero-order valence-corrected chi connectivity index (χ0v) is 10.0. The molecule has 0 aliphatic heterocycles. The summed E-state index contributed by atoms with van der Waals surface area (Å²) in [7, 11) is 0. The zero-order valence-electron chi connectivity index (χ0n) is 10.0. The number of rotatable bonds is 4. The molecule has 0 fully saturated rings. The van der Waals surface area contributed by atoms with E-state index in [9.17, 15) is 9.18 Å². The summed E-state index contributed by atoms with van der Waals surface area (Å²) in [5, 5.41) is 0. The van der Waals surface area contributed by atoms with E-state index in [1.165, 1.54) is 12.1 Å². The Labute approximate surface area is 95.7 Å². The highest BCUT2D eigenvalue weighted by molar-refractivity contribution is 6.04. The molecular formula is C13H18FNO. The van der Waals surface area contributed by atoms with Crippen LogP contribution < -0.4 is 5.73 Å². The molecule has 0 saturated carbocycles. The van der Waals surface area contributed by atoms with Crippen molar-refractivity contribution in [2.24, 2.45) is 5.73 Å². The monoisotopic (exact) mass is 223 g/mol. The average Bonchev–Trinajstić information content (AvgIpc) is 2.30. The van der Waals surface area contributed by atoms with Crippen molar-refractivity contribution < 1.29 is 9.18 Å². The summed E-state index contributed by atoms with van der Waals surface area (Å²) in [5.74, 6) is -0.571. The molecule has 0 unspecified atom stereocenters. The second kappa shape index (κ2) is 4.74. The second-order valence-electron chi connectivity index (χ2n) is 4.15. The number of benzene rings is 1. The number of carbonyl (C=O) groups excluding carboxylic acids is 1. The minimum absolute atomic E-state index is 0.172. The predicted molar refractivity (Wildman–Crippen MR) is 63.0 cm³/mol. The molecule has 16 heavy (non-hydrogen) atoms. The first-order chi connectivity index (χ1) is 7.44. The van der Waals surface area contributed by atoms with Gasteiger partial charge in [-0.1, -0.05) is 19.9 Å². The highest BCUT2D eigenvalue weighted by Crippen LogP contribution is 2.21. The Morgan fingerprint density at radius 2 is 1.94 bits per heavy atom. The lowest BCUT2D eigenvalue weighted by Crippen LogP contribution is -2.47. The minimum atomic E-state index is -0.876. The minimum Gasteiger partial charge on any atom is -0.319 e. The van der Waals surface area contributed by atoms with Gasteiger partial charge in [0.05, 0.1) is 5.54 Å². The number of halogens is 1. The number of ketones is 1. The lowest BCUT2D eigenvalue weighted by molar-refractivity contribution is 0.0878. The summed E-state index contributed by atoms with van der Waals surface area (Å²) < 4.78 is 13.1.